The Kier molecular flexibility index (Phi) is 6.30. The zero-order valence-corrected chi connectivity index (χ0v) is 20.3. The summed E-state index contributed by atoms with van der Waals surface area (Å²) in [5, 5.41) is 1.96. The van der Waals surface area contributed by atoms with Crippen LogP contribution in [-0.4, -0.2) is 35.5 Å². The maximum absolute atomic E-state index is 13.5. The summed E-state index contributed by atoms with van der Waals surface area (Å²) in [7, 11) is 0.720. The lowest BCUT2D eigenvalue weighted by Crippen LogP contribution is -2.29. The maximum atomic E-state index is 13.5. The molecule has 1 amide bonds. The second-order valence-electron chi connectivity index (χ2n) is 7.98. The monoisotopic (exact) mass is 474 g/mol. The van der Waals surface area contributed by atoms with Gasteiger partial charge in [-0.1, -0.05) is 54.6 Å². The zero-order valence-electron chi connectivity index (χ0n) is 19.5. The fourth-order valence-corrected chi connectivity index (χ4v) is 5.19. The highest BCUT2D eigenvalue weighted by molar-refractivity contribution is 7.92. The van der Waals surface area contributed by atoms with Gasteiger partial charge in [-0.3, -0.25) is 9.10 Å². The number of rotatable bonds is 6. The lowest BCUT2D eigenvalue weighted by Gasteiger charge is -2.23. The fourth-order valence-electron chi connectivity index (χ4n) is 3.96. The molecule has 174 valence electrons. The molecule has 0 saturated carbocycles. The molecule has 0 bridgehead atoms. The van der Waals surface area contributed by atoms with Crippen molar-refractivity contribution >= 4 is 38.1 Å². The molecule has 0 atom stereocenters. The SMILES string of the molecule is COc1ccccc1N(C)S(=O)(=O)c1ccc(C)c(C(=O)N(C)c2cccc3ccccc23)c1. The second kappa shape index (κ2) is 9.19. The maximum Gasteiger partial charge on any atom is 0.264 e. The van der Waals surface area contributed by atoms with E-state index in [9.17, 15) is 13.2 Å². The molecule has 0 aromatic heterocycles. The van der Waals surface area contributed by atoms with Crippen molar-refractivity contribution in [2.75, 3.05) is 30.4 Å². The number of benzene rings is 4. The van der Waals surface area contributed by atoms with E-state index in [1.807, 2.05) is 42.5 Å². The van der Waals surface area contributed by atoms with Gasteiger partial charge in [-0.05, 0) is 48.2 Å². The van der Waals surface area contributed by atoms with Crippen molar-refractivity contribution in [1.82, 2.24) is 0 Å². The molecule has 7 heteroatoms. The van der Waals surface area contributed by atoms with E-state index in [0.717, 1.165) is 16.5 Å². The molecule has 34 heavy (non-hydrogen) atoms. The molecule has 4 aromatic rings. The minimum atomic E-state index is -3.94. The van der Waals surface area contributed by atoms with Crippen LogP contribution in [0.4, 0.5) is 11.4 Å². The Morgan fingerprint density at radius 3 is 2.24 bits per heavy atom. The van der Waals surface area contributed by atoms with Crippen LogP contribution in [0.15, 0.2) is 89.8 Å². The van der Waals surface area contributed by atoms with Crippen LogP contribution in [0.3, 0.4) is 0 Å². The number of carbonyl (C=O) groups excluding carboxylic acids is 1. The van der Waals surface area contributed by atoms with Gasteiger partial charge in [0.15, 0.2) is 0 Å². The lowest BCUT2D eigenvalue weighted by atomic mass is 10.1. The first kappa shape index (κ1) is 23.3. The molecule has 0 spiro atoms. The van der Waals surface area contributed by atoms with E-state index in [1.165, 1.54) is 30.6 Å². The summed E-state index contributed by atoms with van der Waals surface area (Å²) in [6, 6.07) is 25.1. The molecule has 0 aliphatic heterocycles. The van der Waals surface area contributed by atoms with Crippen molar-refractivity contribution in [3.63, 3.8) is 0 Å². The normalized spacial score (nSPS) is 11.3. The molecule has 0 radical (unpaired) electrons. The van der Waals surface area contributed by atoms with E-state index >= 15 is 0 Å². The number of aryl methyl sites for hydroxylation is 1. The second-order valence-corrected chi connectivity index (χ2v) is 9.95. The van der Waals surface area contributed by atoms with Crippen LogP contribution in [0.2, 0.25) is 0 Å². The van der Waals surface area contributed by atoms with Crippen LogP contribution in [0, 0.1) is 6.92 Å². The van der Waals surface area contributed by atoms with Crippen LogP contribution >= 0.6 is 0 Å². The highest BCUT2D eigenvalue weighted by Gasteiger charge is 2.26. The molecule has 4 rings (SSSR count). The van der Waals surface area contributed by atoms with Crippen molar-refractivity contribution in [3.05, 3.63) is 96.1 Å². The first-order valence-electron chi connectivity index (χ1n) is 10.7. The molecule has 0 N–H and O–H groups in total. The van der Waals surface area contributed by atoms with Gasteiger partial charge in [0.05, 0.1) is 23.4 Å². The van der Waals surface area contributed by atoms with Crippen LogP contribution in [0.1, 0.15) is 15.9 Å². The smallest absolute Gasteiger partial charge is 0.264 e. The molecule has 0 heterocycles. The summed E-state index contributed by atoms with van der Waals surface area (Å²) in [6.07, 6.45) is 0. The number of fused-ring (bicyclic) bond motifs is 1. The summed E-state index contributed by atoms with van der Waals surface area (Å²) in [4.78, 5) is 15.1. The van der Waals surface area contributed by atoms with Crippen molar-refractivity contribution < 1.29 is 17.9 Å². The minimum Gasteiger partial charge on any atom is -0.495 e. The Labute approximate surface area is 200 Å². The van der Waals surface area contributed by atoms with Crippen molar-refractivity contribution in [2.24, 2.45) is 0 Å². The van der Waals surface area contributed by atoms with E-state index in [4.69, 9.17) is 4.74 Å². The molecule has 0 fully saturated rings. The van der Waals surface area contributed by atoms with Crippen LogP contribution in [-0.2, 0) is 10.0 Å². The van der Waals surface area contributed by atoms with E-state index in [-0.39, 0.29) is 10.8 Å². The van der Waals surface area contributed by atoms with E-state index in [1.54, 1.807) is 49.2 Å². The first-order chi connectivity index (χ1) is 16.3. The quantitative estimate of drug-likeness (QED) is 0.382. The third kappa shape index (κ3) is 4.10. The summed E-state index contributed by atoms with van der Waals surface area (Å²) < 4.78 is 33.4. The van der Waals surface area contributed by atoms with Crippen LogP contribution < -0.4 is 13.9 Å². The number of methoxy groups -OCH3 is 1. The highest BCUT2D eigenvalue weighted by Crippen LogP contribution is 2.32. The number of carbonyl (C=O) groups is 1. The summed E-state index contributed by atoms with van der Waals surface area (Å²) in [5.74, 6) is 0.151. The number of anilines is 2. The Morgan fingerprint density at radius 1 is 0.824 bits per heavy atom. The Hall–Kier alpha value is -3.84. The predicted octanol–water partition coefficient (Wildman–Crippen LogP) is 5.26. The van der Waals surface area contributed by atoms with Crippen molar-refractivity contribution in [1.29, 1.82) is 0 Å². The Balaban J connectivity index is 1.74. The molecular formula is C27H26N2O4S. The van der Waals surface area contributed by atoms with Crippen LogP contribution in [0.25, 0.3) is 10.8 Å². The minimum absolute atomic E-state index is 0.0289. The molecule has 0 unspecified atom stereocenters. The molecule has 0 aliphatic carbocycles. The largest absolute Gasteiger partial charge is 0.495 e. The highest BCUT2D eigenvalue weighted by atomic mass is 32.2. The number of amides is 1. The average Bonchev–Trinajstić information content (AvgIpc) is 2.87. The molecule has 6 nitrogen and oxygen atoms in total. The fraction of sp³-hybridized carbons (Fsp3) is 0.148. The topological polar surface area (TPSA) is 66.9 Å². The first-order valence-corrected chi connectivity index (χ1v) is 12.2. The van der Waals surface area contributed by atoms with Gasteiger partial charge < -0.3 is 9.64 Å². The van der Waals surface area contributed by atoms with E-state index in [2.05, 4.69) is 0 Å². The van der Waals surface area contributed by atoms with E-state index < -0.39 is 10.0 Å². The molecule has 4 aromatic carbocycles. The standard InChI is InChI=1S/C27H26N2O4S/c1-19-16-17-21(34(31,32)29(3)25-13-7-8-15-26(25)33-4)18-23(19)27(30)28(2)24-14-9-11-20-10-5-6-12-22(20)24/h5-18H,1-4H3. The number of hydrogen-bond donors (Lipinski definition) is 0. The average molecular weight is 475 g/mol. The van der Waals surface area contributed by atoms with Gasteiger partial charge >= 0.3 is 0 Å². The van der Waals surface area contributed by atoms with Gasteiger partial charge in [0.25, 0.3) is 15.9 Å². The summed E-state index contributed by atoms with van der Waals surface area (Å²) >= 11 is 0. The zero-order chi connectivity index (χ0) is 24.5. The number of nitrogens with zero attached hydrogens (tertiary/aromatic N) is 2. The van der Waals surface area contributed by atoms with Gasteiger partial charge in [-0.2, -0.15) is 0 Å². The number of ether oxygens (including phenoxy) is 1. The Morgan fingerprint density at radius 2 is 1.47 bits per heavy atom. The van der Waals surface area contributed by atoms with Crippen molar-refractivity contribution in [2.45, 2.75) is 11.8 Å². The van der Waals surface area contributed by atoms with Gasteiger partial charge in [-0.15, -0.1) is 0 Å². The predicted molar refractivity (Wildman–Crippen MR) is 136 cm³/mol. The van der Waals surface area contributed by atoms with Gasteiger partial charge in [-0.25, -0.2) is 8.42 Å². The van der Waals surface area contributed by atoms with Gasteiger partial charge in [0, 0.05) is 25.0 Å². The molecule has 0 saturated heterocycles. The van der Waals surface area contributed by atoms with E-state index in [0.29, 0.717) is 22.6 Å². The summed E-state index contributed by atoms with van der Waals surface area (Å²) in [5.41, 5.74) is 2.18. The number of sulfonamides is 1. The lowest BCUT2D eigenvalue weighted by molar-refractivity contribution is 0.0992. The number of para-hydroxylation sites is 2. The van der Waals surface area contributed by atoms with Gasteiger partial charge in [0.1, 0.15) is 5.75 Å². The van der Waals surface area contributed by atoms with Crippen molar-refractivity contribution in [3.8, 4) is 5.75 Å². The Bertz CT molecular complexity index is 1480. The summed E-state index contributed by atoms with van der Waals surface area (Å²) in [6.45, 7) is 1.80. The number of hydrogen-bond acceptors (Lipinski definition) is 4. The molecule has 0 aliphatic rings. The third-order valence-electron chi connectivity index (χ3n) is 5.95. The van der Waals surface area contributed by atoms with Crippen LogP contribution in [0.5, 0.6) is 5.75 Å². The molecular weight excluding hydrogens is 448 g/mol. The third-order valence-corrected chi connectivity index (χ3v) is 7.72. The van der Waals surface area contributed by atoms with Gasteiger partial charge in [0.2, 0.25) is 0 Å².